The lowest BCUT2D eigenvalue weighted by molar-refractivity contribution is 0.130. The summed E-state index contributed by atoms with van der Waals surface area (Å²) in [5.74, 6) is 0. The zero-order chi connectivity index (χ0) is 14.8. The maximum Gasteiger partial charge on any atom is 0.240 e. The molecule has 2 atom stereocenters. The molecule has 1 aliphatic rings. The summed E-state index contributed by atoms with van der Waals surface area (Å²) in [5.41, 5.74) is 0.870. The van der Waals surface area contributed by atoms with Gasteiger partial charge in [-0.25, -0.2) is 13.1 Å². The van der Waals surface area contributed by atoms with Crippen molar-refractivity contribution in [2.45, 2.75) is 56.1 Å². The van der Waals surface area contributed by atoms with Crippen LogP contribution >= 0.6 is 15.9 Å². The van der Waals surface area contributed by atoms with Crippen LogP contribution in [-0.2, 0) is 10.0 Å². The molecular formula is C14H20BrNO3S. The van der Waals surface area contributed by atoms with Gasteiger partial charge in [0.2, 0.25) is 10.0 Å². The Kier molecular flexibility index (Phi) is 5.23. The average molecular weight is 362 g/mol. The fourth-order valence-electron chi connectivity index (χ4n) is 2.48. The van der Waals surface area contributed by atoms with Gasteiger partial charge in [0, 0.05) is 10.5 Å². The predicted molar refractivity (Wildman–Crippen MR) is 82.1 cm³/mol. The van der Waals surface area contributed by atoms with Crippen LogP contribution in [0.2, 0.25) is 0 Å². The van der Waals surface area contributed by atoms with Crippen LogP contribution in [0.5, 0.6) is 0 Å². The molecule has 0 spiro atoms. The molecule has 1 fully saturated rings. The van der Waals surface area contributed by atoms with Gasteiger partial charge in [-0.2, -0.15) is 0 Å². The van der Waals surface area contributed by atoms with Crippen molar-refractivity contribution in [3.05, 3.63) is 28.2 Å². The predicted octanol–water partition coefficient (Wildman–Crippen LogP) is 2.73. The van der Waals surface area contributed by atoms with Gasteiger partial charge >= 0.3 is 0 Å². The molecule has 0 heterocycles. The fourth-order valence-corrected chi connectivity index (χ4v) is 4.11. The SMILES string of the molecule is Cc1cc(S(=O)(=O)NC2CCCCCC2O)ccc1Br. The lowest BCUT2D eigenvalue weighted by Crippen LogP contribution is -2.42. The van der Waals surface area contributed by atoms with E-state index in [0.717, 1.165) is 29.3 Å². The Morgan fingerprint density at radius 3 is 2.65 bits per heavy atom. The second kappa shape index (κ2) is 6.56. The molecule has 0 aromatic heterocycles. The summed E-state index contributed by atoms with van der Waals surface area (Å²) < 4.78 is 28.3. The van der Waals surface area contributed by atoms with Gasteiger partial charge in [-0.05, 0) is 43.5 Å². The third-order valence-electron chi connectivity index (χ3n) is 3.73. The van der Waals surface area contributed by atoms with E-state index >= 15 is 0 Å². The number of hydrogen-bond donors (Lipinski definition) is 2. The third-order valence-corrected chi connectivity index (χ3v) is 6.10. The summed E-state index contributed by atoms with van der Waals surface area (Å²) in [6, 6.07) is 4.55. The molecule has 2 N–H and O–H groups in total. The van der Waals surface area contributed by atoms with Crippen LogP contribution in [0.1, 0.15) is 37.7 Å². The van der Waals surface area contributed by atoms with Gasteiger partial charge in [-0.3, -0.25) is 0 Å². The van der Waals surface area contributed by atoms with Crippen LogP contribution < -0.4 is 4.72 Å². The highest BCUT2D eigenvalue weighted by atomic mass is 79.9. The lowest BCUT2D eigenvalue weighted by Gasteiger charge is -2.21. The highest BCUT2D eigenvalue weighted by Crippen LogP contribution is 2.23. The number of hydrogen-bond acceptors (Lipinski definition) is 3. The van der Waals surface area contributed by atoms with E-state index < -0.39 is 16.1 Å². The first kappa shape index (κ1) is 15.9. The molecule has 1 aliphatic carbocycles. The zero-order valence-corrected chi connectivity index (χ0v) is 13.9. The van der Waals surface area contributed by atoms with E-state index in [1.165, 1.54) is 0 Å². The molecule has 20 heavy (non-hydrogen) atoms. The van der Waals surface area contributed by atoms with Crippen molar-refractivity contribution >= 4 is 26.0 Å². The molecule has 0 radical (unpaired) electrons. The number of halogens is 1. The second-order valence-corrected chi connectivity index (χ2v) is 7.91. The van der Waals surface area contributed by atoms with E-state index in [-0.39, 0.29) is 10.9 Å². The van der Waals surface area contributed by atoms with Gasteiger partial charge in [-0.1, -0.05) is 35.2 Å². The highest BCUT2D eigenvalue weighted by Gasteiger charge is 2.27. The van der Waals surface area contributed by atoms with Crippen molar-refractivity contribution < 1.29 is 13.5 Å². The molecule has 0 saturated heterocycles. The van der Waals surface area contributed by atoms with E-state index in [2.05, 4.69) is 20.7 Å². The van der Waals surface area contributed by atoms with E-state index in [4.69, 9.17) is 0 Å². The van der Waals surface area contributed by atoms with Crippen molar-refractivity contribution in [2.24, 2.45) is 0 Å². The first-order valence-electron chi connectivity index (χ1n) is 6.87. The number of nitrogens with one attached hydrogen (secondary N) is 1. The molecule has 6 heteroatoms. The summed E-state index contributed by atoms with van der Waals surface area (Å²) in [4.78, 5) is 0.245. The van der Waals surface area contributed by atoms with Crippen LogP contribution in [0.25, 0.3) is 0 Å². The van der Waals surface area contributed by atoms with Crippen LogP contribution in [0.3, 0.4) is 0 Å². The Hall–Kier alpha value is -0.430. The van der Waals surface area contributed by atoms with Gasteiger partial charge in [0.15, 0.2) is 0 Å². The molecule has 1 aromatic rings. The van der Waals surface area contributed by atoms with Crippen molar-refractivity contribution in [3.8, 4) is 0 Å². The summed E-state index contributed by atoms with van der Waals surface area (Å²) in [6.45, 7) is 1.85. The van der Waals surface area contributed by atoms with Crippen LogP contribution in [-0.4, -0.2) is 25.7 Å². The summed E-state index contributed by atoms with van der Waals surface area (Å²) in [7, 11) is -3.58. The van der Waals surface area contributed by atoms with Gasteiger partial charge in [0.05, 0.1) is 11.0 Å². The normalized spacial score (nSPS) is 24.4. The minimum absolute atomic E-state index is 0.245. The van der Waals surface area contributed by atoms with E-state index in [0.29, 0.717) is 12.8 Å². The van der Waals surface area contributed by atoms with E-state index in [9.17, 15) is 13.5 Å². The van der Waals surface area contributed by atoms with Crippen molar-refractivity contribution in [1.82, 2.24) is 4.72 Å². The molecule has 1 saturated carbocycles. The minimum atomic E-state index is -3.58. The van der Waals surface area contributed by atoms with Gasteiger partial charge in [-0.15, -0.1) is 0 Å². The lowest BCUT2D eigenvalue weighted by atomic mass is 10.1. The first-order valence-corrected chi connectivity index (χ1v) is 9.14. The Labute approximate surface area is 128 Å². The van der Waals surface area contributed by atoms with Gasteiger partial charge in [0.25, 0.3) is 0 Å². The number of benzene rings is 1. The number of aryl methyl sites for hydroxylation is 1. The van der Waals surface area contributed by atoms with Crippen LogP contribution in [0.4, 0.5) is 0 Å². The maximum atomic E-state index is 12.4. The summed E-state index contributed by atoms with van der Waals surface area (Å²) >= 11 is 3.36. The molecule has 1 aromatic carbocycles. The number of sulfonamides is 1. The molecule has 4 nitrogen and oxygen atoms in total. The third kappa shape index (κ3) is 3.81. The quantitative estimate of drug-likeness (QED) is 0.813. The summed E-state index contributed by atoms with van der Waals surface area (Å²) in [5, 5.41) is 10.0. The Bertz CT molecular complexity index is 574. The monoisotopic (exact) mass is 361 g/mol. The number of aliphatic hydroxyl groups excluding tert-OH is 1. The molecule has 0 amide bonds. The molecular weight excluding hydrogens is 342 g/mol. The van der Waals surface area contributed by atoms with Gasteiger partial charge in [0.1, 0.15) is 0 Å². The maximum absolute atomic E-state index is 12.4. The second-order valence-electron chi connectivity index (χ2n) is 5.34. The first-order chi connectivity index (χ1) is 9.40. The Balaban J connectivity index is 2.19. The molecule has 0 bridgehead atoms. The summed E-state index contributed by atoms with van der Waals surface area (Å²) in [6.07, 6.45) is 3.71. The van der Waals surface area contributed by atoms with Gasteiger partial charge < -0.3 is 5.11 Å². The van der Waals surface area contributed by atoms with Crippen LogP contribution in [0.15, 0.2) is 27.6 Å². The molecule has 2 rings (SSSR count). The average Bonchev–Trinajstić information content (AvgIpc) is 2.58. The number of rotatable bonds is 3. The topological polar surface area (TPSA) is 66.4 Å². The fraction of sp³-hybridized carbons (Fsp3) is 0.571. The number of aliphatic hydroxyl groups is 1. The molecule has 2 unspecified atom stereocenters. The van der Waals surface area contributed by atoms with Crippen molar-refractivity contribution in [3.63, 3.8) is 0 Å². The molecule has 0 aliphatic heterocycles. The smallest absolute Gasteiger partial charge is 0.240 e. The standard InChI is InChI=1S/C14H20BrNO3S/c1-10-9-11(7-8-12(10)15)20(18,19)16-13-5-3-2-4-6-14(13)17/h7-9,13-14,16-17H,2-6H2,1H3. The van der Waals surface area contributed by atoms with E-state index in [1.54, 1.807) is 18.2 Å². The highest BCUT2D eigenvalue weighted by molar-refractivity contribution is 9.10. The van der Waals surface area contributed by atoms with Crippen molar-refractivity contribution in [2.75, 3.05) is 0 Å². The van der Waals surface area contributed by atoms with Crippen molar-refractivity contribution in [1.29, 1.82) is 0 Å². The zero-order valence-electron chi connectivity index (χ0n) is 11.5. The largest absolute Gasteiger partial charge is 0.391 e. The Morgan fingerprint density at radius 2 is 1.95 bits per heavy atom. The molecule has 112 valence electrons. The Morgan fingerprint density at radius 1 is 1.25 bits per heavy atom. The minimum Gasteiger partial charge on any atom is -0.391 e. The van der Waals surface area contributed by atoms with Crippen LogP contribution in [0, 0.1) is 6.92 Å². The van der Waals surface area contributed by atoms with E-state index in [1.807, 2.05) is 6.92 Å².